The second-order valence-corrected chi connectivity index (χ2v) is 4.05. The van der Waals surface area contributed by atoms with E-state index in [9.17, 15) is 0 Å². The highest BCUT2D eigenvalue weighted by molar-refractivity contribution is 7.09. The van der Waals surface area contributed by atoms with Crippen LogP contribution in [0.5, 0.6) is 0 Å². The van der Waals surface area contributed by atoms with Crippen LogP contribution in [0, 0.1) is 11.3 Å². The number of rotatable bonds is 4. The van der Waals surface area contributed by atoms with E-state index in [-0.39, 0.29) is 0 Å². The highest BCUT2D eigenvalue weighted by Crippen LogP contribution is 2.09. The zero-order valence-electron chi connectivity index (χ0n) is 7.87. The summed E-state index contributed by atoms with van der Waals surface area (Å²) in [4.78, 5) is 4.31. The molecule has 0 saturated heterocycles. The minimum absolute atomic E-state index is 0.423. The number of aromatic nitrogens is 1. The van der Waals surface area contributed by atoms with E-state index in [2.05, 4.69) is 30.2 Å². The second-order valence-electron chi connectivity index (χ2n) is 3.10. The van der Waals surface area contributed by atoms with Crippen LogP contribution in [0.15, 0.2) is 5.38 Å². The van der Waals surface area contributed by atoms with Gasteiger partial charge in [-0.15, -0.1) is 11.3 Å². The Bertz CT molecular complexity index is 298. The van der Waals surface area contributed by atoms with Gasteiger partial charge in [0.25, 0.3) is 0 Å². The van der Waals surface area contributed by atoms with Crippen LogP contribution in [-0.4, -0.2) is 11.0 Å². The lowest BCUT2D eigenvalue weighted by molar-refractivity contribution is 0.582. The van der Waals surface area contributed by atoms with Gasteiger partial charge in [0.15, 0.2) is 0 Å². The molecule has 0 aliphatic carbocycles. The third-order valence-electron chi connectivity index (χ3n) is 1.52. The van der Waals surface area contributed by atoms with Gasteiger partial charge in [0, 0.05) is 18.0 Å². The summed E-state index contributed by atoms with van der Waals surface area (Å²) in [7, 11) is 0. The van der Waals surface area contributed by atoms with Crippen LogP contribution in [0.1, 0.15) is 24.5 Å². The summed E-state index contributed by atoms with van der Waals surface area (Å²) in [6.45, 7) is 4.99. The third-order valence-corrected chi connectivity index (χ3v) is 2.42. The van der Waals surface area contributed by atoms with Gasteiger partial charge in [0.05, 0.1) is 18.2 Å². The lowest BCUT2D eigenvalue weighted by atomic mass is 10.3. The number of nitrogens with one attached hydrogen (secondary N) is 1. The molecule has 1 N–H and O–H groups in total. The number of hydrogen-bond acceptors (Lipinski definition) is 4. The molecular weight excluding hydrogens is 182 g/mol. The Kier molecular flexibility index (Phi) is 3.87. The summed E-state index contributed by atoms with van der Waals surface area (Å²) in [6.07, 6.45) is 0.423. The van der Waals surface area contributed by atoms with Crippen molar-refractivity contribution in [2.24, 2.45) is 0 Å². The van der Waals surface area contributed by atoms with Crippen molar-refractivity contribution in [2.45, 2.75) is 32.9 Å². The molecule has 0 atom stereocenters. The maximum Gasteiger partial charge on any atom is 0.107 e. The van der Waals surface area contributed by atoms with E-state index in [1.807, 2.05) is 5.38 Å². The quantitative estimate of drug-likeness (QED) is 0.795. The Morgan fingerprint density at radius 3 is 3.08 bits per heavy atom. The molecule has 70 valence electrons. The van der Waals surface area contributed by atoms with Gasteiger partial charge in [-0.25, -0.2) is 4.98 Å². The largest absolute Gasteiger partial charge is 0.309 e. The summed E-state index contributed by atoms with van der Waals surface area (Å²) in [5, 5.41) is 14.6. The van der Waals surface area contributed by atoms with Crippen molar-refractivity contribution >= 4 is 11.3 Å². The lowest BCUT2D eigenvalue weighted by Crippen LogP contribution is -2.21. The van der Waals surface area contributed by atoms with Gasteiger partial charge in [0.2, 0.25) is 0 Å². The summed E-state index contributed by atoms with van der Waals surface area (Å²) in [5.41, 5.74) is 1.03. The Morgan fingerprint density at radius 1 is 1.69 bits per heavy atom. The molecular formula is C9H13N3S. The van der Waals surface area contributed by atoms with Crippen molar-refractivity contribution in [3.63, 3.8) is 0 Å². The van der Waals surface area contributed by atoms with Crippen LogP contribution < -0.4 is 5.32 Å². The van der Waals surface area contributed by atoms with Crippen LogP contribution in [0.3, 0.4) is 0 Å². The summed E-state index contributed by atoms with van der Waals surface area (Å²) >= 11 is 1.55. The fourth-order valence-electron chi connectivity index (χ4n) is 0.888. The molecule has 0 saturated carbocycles. The lowest BCUT2D eigenvalue weighted by Gasteiger charge is -2.04. The first-order valence-electron chi connectivity index (χ1n) is 4.26. The molecule has 1 heterocycles. The van der Waals surface area contributed by atoms with Gasteiger partial charge < -0.3 is 5.32 Å². The van der Waals surface area contributed by atoms with Crippen molar-refractivity contribution in [1.29, 1.82) is 5.26 Å². The van der Waals surface area contributed by atoms with E-state index in [1.54, 1.807) is 11.3 Å². The zero-order valence-corrected chi connectivity index (χ0v) is 8.69. The minimum atomic E-state index is 0.423. The molecule has 1 aromatic rings. The van der Waals surface area contributed by atoms with E-state index in [0.29, 0.717) is 12.5 Å². The van der Waals surface area contributed by atoms with Crippen molar-refractivity contribution < 1.29 is 0 Å². The Hall–Kier alpha value is -0.920. The monoisotopic (exact) mass is 195 g/mol. The number of nitrogens with zero attached hydrogens (tertiary/aromatic N) is 2. The van der Waals surface area contributed by atoms with Gasteiger partial charge in [-0.2, -0.15) is 5.26 Å². The maximum atomic E-state index is 8.45. The fraction of sp³-hybridized carbons (Fsp3) is 0.556. The molecule has 0 amide bonds. The van der Waals surface area contributed by atoms with Crippen molar-refractivity contribution in [3.8, 4) is 6.07 Å². The molecule has 0 aliphatic heterocycles. The van der Waals surface area contributed by atoms with Crippen molar-refractivity contribution in [3.05, 3.63) is 16.1 Å². The van der Waals surface area contributed by atoms with E-state index in [4.69, 9.17) is 5.26 Å². The molecule has 0 spiro atoms. The first kappa shape index (κ1) is 10.2. The van der Waals surface area contributed by atoms with Gasteiger partial charge in [-0.1, -0.05) is 13.8 Å². The molecule has 0 bridgehead atoms. The van der Waals surface area contributed by atoms with Gasteiger partial charge in [-0.3, -0.25) is 0 Å². The van der Waals surface area contributed by atoms with E-state index >= 15 is 0 Å². The van der Waals surface area contributed by atoms with Gasteiger partial charge in [0.1, 0.15) is 5.01 Å². The minimum Gasteiger partial charge on any atom is -0.309 e. The predicted octanol–water partition coefficient (Wildman–Crippen LogP) is 1.71. The molecule has 3 nitrogen and oxygen atoms in total. The molecule has 0 fully saturated rings. The first-order chi connectivity index (χ1) is 6.22. The maximum absolute atomic E-state index is 8.45. The highest BCUT2D eigenvalue weighted by Gasteiger charge is 2.01. The molecule has 1 aromatic heterocycles. The van der Waals surface area contributed by atoms with Gasteiger partial charge in [-0.05, 0) is 0 Å². The number of nitriles is 1. The smallest absolute Gasteiger partial charge is 0.107 e. The second kappa shape index (κ2) is 4.95. The fourth-order valence-corrected chi connectivity index (χ4v) is 1.61. The molecule has 0 aliphatic rings. The highest BCUT2D eigenvalue weighted by atomic mass is 32.1. The van der Waals surface area contributed by atoms with Crippen LogP contribution in [-0.2, 0) is 13.0 Å². The summed E-state index contributed by atoms with van der Waals surface area (Å²) < 4.78 is 0. The summed E-state index contributed by atoms with van der Waals surface area (Å²) in [5.74, 6) is 0. The first-order valence-corrected chi connectivity index (χ1v) is 5.14. The standard InChI is InChI=1S/C9H13N3S/c1-7(2)11-5-8-6-13-9(12-8)3-4-10/h6-7,11H,3,5H2,1-2H3. The summed E-state index contributed by atoms with van der Waals surface area (Å²) in [6, 6.07) is 2.56. The van der Waals surface area contributed by atoms with Crippen LogP contribution in [0.4, 0.5) is 0 Å². The number of thiazole rings is 1. The molecule has 0 aromatic carbocycles. The molecule has 0 unspecified atom stereocenters. The van der Waals surface area contributed by atoms with Gasteiger partial charge >= 0.3 is 0 Å². The van der Waals surface area contributed by atoms with E-state index < -0.39 is 0 Å². The average molecular weight is 195 g/mol. The predicted molar refractivity (Wildman–Crippen MR) is 53.4 cm³/mol. The third kappa shape index (κ3) is 3.53. The molecule has 4 heteroatoms. The zero-order chi connectivity index (χ0) is 9.68. The Balaban J connectivity index is 2.45. The SMILES string of the molecule is CC(C)NCc1csc(CC#N)n1. The Morgan fingerprint density at radius 2 is 2.46 bits per heavy atom. The van der Waals surface area contributed by atoms with Crippen molar-refractivity contribution in [1.82, 2.24) is 10.3 Å². The van der Waals surface area contributed by atoms with E-state index in [1.165, 1.54) is 0 Å². The topological polar surface area (TPSA) is 48.7 Å². The molecule has 0 radical (unpaired) electrons. The van der Waals surface area contributed by atoms with Crippen LogP contribution in [0.2, 0.25) is 0 Å². The normalized spacial score (nSPS) is 10.3. The molecule has 13 heavy (non-hydrogen) atoms. The van der Waals surface area contributed by atoms with Crippen LogP contribution >= 0.6 is 11.3 Å². The molecule has 1 rings (SSSR count). The Labute approximate surface area is 82.4 Å². The van der Waals surface area contributed by atoms with Crippen molar-refractivity contribution in [2.75, 3.05) is 0 Å². The average Bonchev–Trinajstić information content (AvgIpc) is 2.50. The number of hydrogen-bond donors (Lipinski definition) is 1. The van der Waals surface area contributed by atoms with Crippen LogP contribution in [0.25, 0.3) is 0 Å². The van der Waals surface area contributed by atoms with E-state index in [0.717, 1.165) is 17.2 Å².